The Balaban J connectivity index is 0.000000810. The van der Waals surface area contributed by atoms with E-state index < -0.39 is 0 Å². The van der Waals surface area contributed by atoms with Gasteiger partial charge in [-0.2, -0.15) is 0 Å². The van der Waals surface area contributed by atoms with Gasteiger partial charge in [0, 0.05) is 12.8 Å². The molecule has 0 aromatic rings. The van der Waals surface area contributed by atoms with Gasteiger partial charge < -0.3 is 16.9 Å². The van der Waals surface area contributed by atoms with Crippen LogP contribution in [0.3, 0.4) is 0 Å². The first-order valence-electron chi connectivity index (χ1n) is 3.71. The van der Waals surface area contributed by atoms with Crippen LogP contribution in [0.4, 0.5) is 0 Å². The van der Waals surface area contributed by atoms with Crippen LogP contribution >= 0.6 is 0 Å². The minimum Gasteiger partial charge on any atom is -1.00 e. The van der Waals surface area contributed by atoms with E-state index in [4.69, 9.17) is 0 Å². The zero-order chi connectivity index (χ0) is 6.74. The molecule has 0 spiro atoms. The van der Waals surface area contributed by atoms with Gasteiger partial charge in [-0.3, -0.25) is 0 Å². The number of likely N-dealkylation sites (N-methyl/N-ethyl adjacent to an activating group) is 1. The Hall–Kier alpha value is -0.0100. The first-order valence-corrected chi connectivity index (χ1v) is 3.71. The fraction of sp³-hybridized carbons (Fsp3) is 0.750. The number of hydrogen-bond donors (Lipinski definition) is 0. The summed E-state index contributed by atoms with van der Waals surface area (Å²) in [6.45, 7) is 7.61. The van der Waals surface area contributed by atoms with Crippen LogP contribution in [0.5, 0.6) is 0 Å². The molecule has 1 heterocycles. The van der Waals surface area contributed by atoms with Gasteiger partial charge >= 0.3 is 0 Å². The maximum atomic E-state index is 3.75. The summed E-state index contributed by atoms with van der Waals surface area (Å²) in [4.78, 5) is 0. The lowest BCUT2D eigenvalue weighted by Gasteiger charge is -2.27. The SMILES string of the molecule is C=CC[N+]1(C)CCCC1.[Cl-]. The average Bonchev–Trinajstić information content (AvgIpc) is 2.16. The van der Waals surface area contributed by atoms with E-state index in [9.17, 15) is 0 Å². The summed E-state index contributed by atoms with van der Waals surface area (Å²) in [5, 5.41) is 0. The van der Waals surface area contributed by atoms with Crippen molar-refractivity contribution in [2.45, 2.75) is 12.8 Å². The molecule has 0 radical (unpaired) electrons. The monoisotopic (exact) mass is 161 g/mol. The Morgan fingerprint density at radius 3 is 2.30 bits per heavy atom. The van der Waals surface area contributed by atoms with Crippen LogP contribution in [0.2, 0.25) is 0 Å². The first-order chi connectivity index (χ1) is 4.27. The van der Waals surface area contributed by atoms with Crippen LogP contribution in [0.15, 0.2) is 12.7 Å². The third-order valence-electron chi connectivity index (χ3n) is 2.22. The van der Waals surface area contributed by atoms with E-state index >= 15 is 0 Å². The Morgan fingerprint density at radius 1 is 1.40 bits per heavy atom. The van der Waals surface area contributed by atoms with E-state index in [0.717, 1.165) is 6.54 Å². The van der Waals surface area contributed by atoms with Crippen LogP contribution in [0, 0.1) is 0 Å². The summed E-state index contributed by atoms with van der Waals surface area (Å²) in [7, 11) is 2.31. The zero-order valence-electron chi connectivity index (χ0n) is 6.65. The molecule has 0 unspecified atom stereocenters. The molecule has 1 aliphatic heterocycles. The summed E-state index contributed by atoms with van der Waals surface area (Å²) in [6, 6.07) is 0. The fourth-order valence-corrected chi connectivity index (χ4v) is 1.59. The highest BCUT2D eigenvalue weighted by Gasteiger charge is 2.24. The topological polar surface area (TPSA) is 0 Å². The van der Waals surface area contributed by atoms with E-state index in [0.29, 0.717) is 0 Å². The van der Waals surface area contributed by atoms with E-state index in [1.54, 1.807) is 0 Å². The molecular formula is C8H16ClN. The molecule has 1 saturated heterocycles. The first kappa shape index (κ1) is 9.99. The molecule has 2 heteroatoms. The molecule has 0 atom stereocenters. The van der Waals surface area contributed by atoms with E-state index in [2.05, 4.69) is 13.6 Å². The molecule has 1 rings (SSSR count). The fourth-order valence-electron chi connectivity index (χ4n) is 1.59. The quantitative estimate of drug-likeness (QED) is 0.339. The van der Waals surface area contributed by atoms with Crippen molar-refractivity contribution in [1.29, 1.82) is 0 Å². The highest BCUT2D eigenvalue weighted by molar-refractivity contribution is 4.67. The predicted octanol–water partition coefficient (Wildman–Crippen LogP) is -1.58. The van der Waals surface area contributed by atoms with Gasteiger partial charge in [-0.1, -0.05) is 6.58 Å². The Labute approximate surface area is 69.7 Å². The van der Waals surface area contributed by atoms with Crippen molar-refractivity contribution in [2.24, 2.45) is 0 Å². The van der Waals surface area contributed by atoms with Gasteiger partial charge in [0.05, 0.1) is 26.7 Å². The lowest BCUT2D eigenvalue weighted by atomic mass is 10.4. The molecule has 0 aromatic heterocycles. The molecule has 1 fully saturated rings. The Kier molecular flexibility index (Phi) is 3.99. The van der Waals surface area contributed by atoms with Gasteiger partial charge in [0.15, 0.2) is 0 Å². The van der Waals surface area contributed by atoms with Gasteiger partial charge in [0.1, 0.15) is 0 Å². The molecule has 0 N–H and O–H groups in total. The van der Waals surface area contributed by atoms with Crippen LogP contribution in [0.1, 0.15) is 12.8 Å². The predicted molar refractivity (Wildman–Crippen MR) is 40.2 cm³/mol. The van der Waals surface area contributed by atoms with E-state index in [1.807, 2.05) is 6.08 Å². The van der Waals surface area contributed by atoms with Crippen LogP contribution in [-0.4, -0.2) is 31.2 Å². The second-order valence-electron chi connectivity index (χ2n) is 3.25. The number of nitrogens with zero attached hydrogens (tertiary/aromatic N) is 1. The summed E-state index contributed by atoms with van der Waals surface area (Å²) in [5.74, 6) is 0. The van der Waals surface area contributed by atoms with E-state index in [-0.39, 0.29) is 12.4 Å². The number of halogens is 1. The van der Waals surface area contributed by atoms with Gasteiger partial charge in [0.25, 0.3) is 0 Å². The molecule has 0 bridgehead atoms. The minimum absolute atomic E-state index is 0. The number of rotatable bonds is 2. The second kappa shape index (κ2) is 3.99. The summed E-state index contributed by atoms with van der Waals surface area (Å²) < 4.78 is 1.23. The summed E-state index contributed by atoms with van der Waals surface area (Å²) in [5.41, 5.74) is 0. The highest BCUT2D eigenvalue weighted by atomic mass is 35.5. The Bertz CT molecular complexity index is 106. The summed E-state index contributed by atoms with van der Waals surface area (Å²) in [6.07, 6.45) is 4.85. The second-order valence-corrected chi connectivity index (χ2v) is 3.25. The van der Waals surface area contributed by atoms with Crippen LogP contribution in [0.25, 0.3) is 0 Å². The maximum absolute atomic E-state index is 3.75. The third-order valence-corrected chi connectivity index (χ3v) is 2.22. The lowest BCUT2D eigenvalue weighted by molar-refractivity contribution is -0.891. The van der Waals surface area contributed by atoms with Crippen molar-refractivity contribution in [3.8, 4) is 0 Å². The normalized spacial score (nSPS) is 21.7. The van der Waals surface area contributed by atoms with Crippen molar-refractivity contribution in [2.75, 3.05) is 26.7 Å². The molecule has 0 amide bonds. The van der Waals surface area contributed by atoms with Crippen molar-refractivity contribution in [3.05, 3.63) is 12.7 Å². The van der Waals surface area contributed by atoms with Gasteiger partial charge in [-0.05, 0) is 6.08 Å². The van der Waals surface area contributed by atoms with Crippen molar-refractivity contribution in [1.82, 2.24) is 0 Å². The number of likely N-dealkylation sites (tertiary alicyclic amines) is 1. The average molecular weight is 162 g/mol. The third kappa shape index (κ3) is 2.31. The smallest absolute Gasteiger partial charge is 0.0969 e. The maximum Gasteiger partial charge on any atom is 0.0969 e. The molecule has 0 aliphatic carbocycles. The summed E-state index contributed by atoms with van der Waals surface area (Å²) >= 11 is 0. The largest absolute Gasteiger partial charge is 1.00 e. The van der Waals surface area contributed by atoms with Crippen molar-refractivity contribution >= 4 is 0 Å². The molecule has 1 nitrogen and oxygen atoms in total. The Morgan fingerprint density at radius 2 is 1.90 bits per heavy atom. The molecule has 0 saturated carbocycles. The number of hydrogen-bond acceptors (Lipinski definition) is 0. The van der Waals surface area contributed by atoms with Crippen LogP contribution in [-0.2, 0) is 0 Å². The van der Waals surface area contributed by atoms with Crippen molar-refractivity contribution in [3.63, 3.8) is 0 Å². The standard InChI is InChI=1S/C8H16N.ClH/c1-3-6-9(2)7-4-5-8-9;/h3H,1,4-8H2,2H3;1H/q+1;/p-1. The molecule has 10 heavy (non-hydrogen) atoms. The lowest BCUT2D eigenvalue weighted by Crippen LogP contribution is -3.00. The molecular weight excluding hydrogens is 146 g/mol. The van der Waals surface area contributed by atoms with Crippen LogP contribution < -0.4 is 12.4 Å². The van der Waals surface area contributed by atoms with Gasteiger partial charge in [0.2, 0.25) is 0 Å². The number of quaternary nitrogens is 1. The highest BCUT2D eigenvalue weighted by Crippen LogP contribution is 2.15. The minimum atomic E-state index is 0. The molecule has 0 aromatic carbocycles. The van der Waals surface area contributed by atoms with Crippen molar-refractivity contribution < 1.29 is 16.9 Å². The van der Waals surface area contributed by atoms with E-state index in [1.165, 1.54) is 30.4 Å². The van der Waals surface area contributed by atoms with Gasteiger partial charge in [-0.25, -0.2) is 0 Å². The molecule has 1 aliphatic rings. The molecule has 60 valence electrons. The zero-order valence-corrected chi connectivity index (χ0v) is 7.40. The van der Waals surface area contributed by atoms with Gasteiger partial charge in [-0.15, -0.1) is 0 Å².